The van der Waals surface area contributed by atoms with Crippen molar-refractivity contribution >= 4 is 35.2 Å². The SMILES string of the molecule is COCCN1C(=O)[C@H](NC(=O)[C@@H](Cc2ccccc2OC(F)(F)F)NC(=O)OC(C)(C)C)COc2cc(Cl)ccc21. The molecule has 3 rings (SSSR count). The Hall–Kier alpha value is -3.71. The van der Waals surface area contributed by atoms with Crippen LogP contribution in [-0.4, -0.2) is 68.8 Å². The molecule has 2 aromatic rings. The van der Waals surface area contributed by atoms with Gasteiger partial charge in [0.1, 0.15) is 35.8 Å². The highest BCUT2D eigenvalue weighted by atomic mass is 35.5. The lowest BCUT2D eigenvalue weighted by Gasteiger charge is -2.27. The van der Waals surface area contributed by atoms with E-state index >= 15 is 0 Å². The Morgan fingerprint density at radius 3 is 2.54 bits per heavy atom. The normalized spacial score (nSPS) is 16.1. The number of alkyl carbamates (subject to hydrolysis) is 1. The van der Waals surface area contributed by atoms with E-state index in [4.69, 9.17) is 25.8 Å². The zero-order valence-electron chi connectivity index (χ0n) is 22.8. The van der Waals surface area contributed by atoms with Gasteiger partial charge in [-0.2, -0.15) is 0 Å². The molecule has 0 saturated heterocycles. The van der Waals surface area contributed by atoms with Gasteiger partial charge in [-0.25, -0.2) is 4.79 Å². The zero-order chi connectivity index (χ0) is 30.4. The third-order valence-electron chi connectivity index (χ3n) is 5.65. The molecule has 0 radical (unpaired) electrons. The number of rotatable bonds is 9. The molecule has 2 N–H and O–H groups in total. The molecule has 2 aromatic carbocycles. The van der Waals surface area contributed by atoms with Crippen LogP contribution in [0.5, 0.6) is 11.5 Å². The number of nitrogens with zero attached hydrogens (tertiary/aromatic N) is 1. The number of carbonyl (C=O) groups is 3. The number of nitrogens with one attached hydrogen (secondary N) is 2. The lowest BCUT2D eigenvalue weighted by atomic mass is 10.0. The number of methoxy groups -OCH3 is 1. The summed E-state index contributed by atoms with van der Waals surface area (Å²) in [6.07, 6.45) is -6.39. The minimum atomic E-state index is -4.99. The van der Waals surface area contributed by atoms with Crippen LogP contribution in [0.1, 0.15) is 26.3 Å². The number of alkyl halides is 3. The van der Waals surface area contributed by atoms with Crippen molar-refractivity contribution in [2.75, 3.05) is 31.8 Å². The van der Waals surface area contributed by atoms with Gasteiger partial charge in [-0.3, -0.25) is 9.59 Å². The number of hydrogen-bond acceptors (Lipinski definition) is 7. The van der Waals surface area contributed by atoms with Gasteiger partial charge in [0.2, 0.25) is 5.91 Å². The molecular formula is C27H31ClF3N3O7. The first-order valence-corrected chi connectivity index (χ1v) is 12.9. The summed E-state index contributed by atoms with van der Waals surface area (Å²) in [5.41, 5.74) is -0.536. The maximum absolute atomic E-state index is 13.5. The first-order valence-electron chi connectivity index (χ1n) is 12.5. The fourth-order valence-corrected chi connectivity index (χ4v) is 4.10. The average Bonchev–Trinajstić information content (AvgIpc) is 2.97. The van der Waals surface area contributed by atoms with Gasteiger partial charge in [-0.05, 0) is 44.5 Å². The number of hydrogen-bond donors (Lipinski definition) is 2. The second-order valence-corrected chi connectivity index (χ2v) is 10.5. The second-order valence-electron chi connectivity index (χ2n) is 10.0. The Kier molecular flexibility index (Phi) is 10.3. The van der Waals surface area contributed by atoms with Crippen molar-refractivity contribution in [1.29, 1.82) is 0 Å². The lowest BCUT2D eigenvalue weighted by Crippen LogP contribution is -2.57. The summed E-state index contributed by atoms with van der Waals surface area (Å²) in [5, 5.41) is 5.31. The topological polar surface area (TPSA) is 115 Å². The average molecular weight is 602 g/mol. The summed E-state index contributed by atoms with van der Waals surface area (Å²) in [6, 6.07) is 7.23. The van der Waals surface area contributed by atoms with Gasteiger partial charge in [0.25, 0.3) is 5.91 Å². The molecule has 224 valence electrons. The van der Waals surface area contributed by atoms with Crippen LogP contribution in [0.15, 0.2) is 42.5 Å². The van der Waals surface area contributed by atoms with Gasteiger partial charge in [0, 0.05) is 31.2 Å². The molecule has 1 aliphatic rings. The summed E-state index contributed by atoms with van der Waals surface area (Å²) < 4.78 is 59.3. The van der Waals surface area contributed by atoms with Crippen molar-refractivity contribution in [3.63, 3.8) is 0 Å². The number of benzene rings is 2. The summed E-state index contributed by atoms with van der Waals surface area (Å²) in [7, 11) is 1.47. The van der Waals surface area contributed by atoms with E-state index in [1.165, 1.54) is 36.3 Å². The molecule has 0 aromatic heterocycles. The Morgan fingerprint density at radius 2 is 1.88 bits per heavy atom. The number of fused-ring (bicyclic) bond motifs is 1. The molecule has 10 nitrogen and oxygen atoms in total. The number of carbonyl (C=O) groups excluding carboxylic acids is 3. The Bertz CT molecular complexity index is 1250. The van der Waals surface area contributed by atoms with Crippen molar-refractivity contribution in [3.8, 4) is 11.5 Å². The van der Waals surface area contributed by atoms with Gasteiger partial charge >= 0.3 is 12.5 Å². The van der Waals surface area contributed by atoms with Crippen LogP contribution in [-0.2, 0) is 25.5 Å². The van der Waals surface area contributed by atoms with E-state index in [1.54, 1.807) is 32.9 Å². The molecule has 1 aliphatic heterocycles. The van der Waals surface area contributed by atoms with Crippen molar-refractivity contribution in [2.45, 2.75) is 51.2 Å². The smallest absolute Gasteiger partial charge is 0.489 e. The number of halogens is 4. The van der Waals surface area contributed by atoms with E-state index in [1.807, 2.05) is 0 Å². The van der Waals surface area contributed by atoms with Crippen molar-refractivity contribution in [2.24, 2.45) is 0 Å². The minimum absolute atomic E-state index is 0.0201. The fourth-order valence-electron chi connectivity index (χ4n) is 3.94. The van der Waals surface area contributed by atoms with Gasteiger partial charge in [0.15, 0.2) is 0 Å². The standard InChI is InChI=1S/C27H31ClF3N3O7/c1-26(2,3)41-25(37)33-18(13-16-7-5-6-8-21(16)40-27(29,30)31)23(35)32-19-15-39-22-14-17(28)9-10-20(22)34(24(19)36)11-12-38-4/h5-10,14,18-19H,11-13,15H2,1-4H3,(H,32,35)(H,33,37)/t18-,19-/m1/s1. The summed E-state index contributed by atoms with van der Waals surface area (Å²) in [4.78, 5) is 41.0. The summed E-state index contributed by atoms with van der Waals surface area (Å²) in [6.45, 7) is 4.83. The van der Waals surface area contributed by atoms with Crippen LogP contribution < -0.4 is 25.0 Å². The third kappa shape index (κ3) is 9.42. The molecule has 3 amide bonds. The summed E-state index contributed by atoms with van der Waals surface area (Å²) >= 11 is 6.09. The lowest BCUT2D eigenvalue weighted by molar-refractivity contribution is -0.274. The van der Waals surface area contributed by atoms with Crippen molar-refractivity contribution in [3.05, 3.63) is 53.1 Å². The van der Waals surface area contributed by atoms with Crippen LogP contribution in [0.25, 0.3) is 0 Å². The molecule has 0 fully saturated rings. The van der Waals surface area contributed by atoms with E-state index in [0.29, 0.717) is 16.5 Å². The Balaban J connectivity index is 1.88. The third-order valence-corrected chi connectivity index (χ3v) is 5.88. The maximum atomic E-state index is 13.5. The molecule has 14 heteroatoms. The van der Waals surface area contributed by atoms with E-state index in [9.17, 15) is 27.6 Å². The van der Waals surface area contributed by atoms with Crippen LogP contribution in [0, 0.1) is 0 Å². The van der Waals surface area contributed by atoms with Crippen LogP contribution in [0.3, 0.4) is 0 Å². The highest BCUT2D eigenvalue weighted by Gasteiger charge is 2.36. The first kappa shape index (κ1) is 31.8. The molecule has 0 bridgehead atoms. The van der Waals surface area contributed by atoms with Gasteiger partial charge in [-0.15, -0.1) is 13.2 Å². The Morgan fingerprint density at radius 1 is 1.17 bits per heavy atom. The van der Waals surface area contributed by atoms with Crippen LogP contribution in [0.4, 0.5) is 23.7 Å². The fraction of sp³-hybridized carbons (Fsp3) is 0.444. The molecule has 1 heterocycles. The monoisotopic (exact) mass is 601 g/mol. The van der Waals surface area contributed by atoms with Gasteiger partial charge in [0.05, 0.1) is 12.3 Å². The van der Waals surface area contributed by atoms with Crippen LogP contribution >= 0.6 is 11.6 Å². The quantitative estimate of drug-likeness (QED) is 0.442. The number of anilines is 1. The molecule has 2 atom stereocenters. The van der Waals surface area contributed by atoms with E-state index in [2.05, 4.69) is 15.4 Å². The first-order chi connectivity index (χ1) is 19.2. The molecule has 0 spiro atoms. The number of para-hydroxylation sites is 1. The predicted molar refractivity (Wildman–Crippen MR) is 143 cm³/mol. The van der Waals surface area contributed by atoms with Gasteiger partial charge < -0.3 is 34.5 Å². The Labute approximate surface area is 240 Å². The number of ether oxygens (including phenoxy) is 4. The zero-order valence-corrected chi connectivity index (χ0v) is 23.6. The molecule has 0 unspecified atom stereocenters. The van der Waals surface area contributed by atoms with Gasteiger partial charge in [-0.1, -0.05) is 29.8 Å². The molecule has 0 aliphatic carbocycles. The van der Waals surface area contributed by atoms with Crippen molar-refractivity contribution in [1.82, 2.24) is 10.6 Å². The van der Waals surface area contributed by atoms with Crippen LogP contribution in [0.2, 0.25) is 5.02 Å². The molecular weight excluding hydrogens is 571 g/mol. The highest BCUT2D eigenvalue weighted by molar-refractivity contribution is 6.30. The van der Waals surface area contributed by atoms with Crippen molar-refractivity contribution < 1.29 is 46.5 Å². The highest BCUT2D eigenvalue weighted by Crippen LogP contribution is 2.34. The van der Waals surface area contributed by atoms with E-state index < -0.39 is 54.1 Å². The largest absolute Gasteiger partial charge is 0.573 e. The molecule has 41 heavy (non-hydrogen) atoms. The second kappa shape index (κ2) is 13.3. The predicted octanol–water partition coefficient (Wildman–Crippen LogP) is 4.23. The summed E-state index contributed by atoms with van der Waals surface area (Å²) in [5.74, 6) is -1.64. The number of amides is 3. The van der Waals surface area contributed by atoms with E-state index in [-0.39, 0.29) is 25.3 Å². The molecule has 0 saturated carbocycles. The minimum Gasteiger partial charge on any atom is -0.489 e. The maximum Gasteiger partial charge on any atom is 0.573 e. The van der Waals surface area contributed by atoms with E-state index in [0.717, 1.165) is 6.07 Å².